The van der Waals surface area contributed by atoms with Crippen LogP contribution in [0.3, 0.4) is 0 Å². The molecule has 0 atom stereocenters. The Morgan fingerprint density at radius 1 is 1.50 bits per heavy atom. The van der Waals surface area contributed by atoms with Crippen molar-refractivity contribution in [1.29, 1.82) is 0 Å². The number of esters is 1. The Kier molecular flexibility index (Phi) is 4.05. The summed E-state index contributed by atoms with van der Waals surface area (Å²) in [5.41, 5.74) is -0.0161. The van der Waals surface area contributed by atoms with E-state index in [1.54, 1.807) is 26.0 Å². The molecule has 0 bridgehead atoms. The van der Waals surface area contributed by atoms with E-state index < -0.39 is 11.8 Å². The lowest BCUT2D eigenvalue weighted by atomic mass is 10.1. The van der Waals surface area contributed by atoms with Crippen LogP contribution in [0.2, 0.25) is 0 Å². The topological polar surface area (TPSA) is 52.6 Å². The van der Waals surface area contributed by atoms with Gasteiger partial charge in [0.25, 0.3) is 0 Å². The molecule has 0 spiro atoms. The van der Waals surface area contributed by atoms with Gasteiger partial charge in [0.1, 0.15) is 11.3 Å². The van der Waals surface area contributed by atoms with Crippen LogP contribution >= 0.6 is 0 Å². The quantitative estimate of drug-likeness (QED) is 0.415. The number of allylic oxidation sites excluding steroid dienone is 5. The highest BCUT2D eigenvalue weighted by Gasteiger charge is 2.33. The van der Waals surface area contributed by atoms with Gasteiger partial charge in [0.2, 0.25) is 5.78 Å². The normalized spacial score (nSPS) is 18.4. The molecule has 1 rings (SSSR count). The minimum Gasteiger partial charge on any atom is -0.462 e. The van der Waals surface area contributed by atoms with E-state index in [0.717, 1.165) is 0 Å². The van der Waals surface area contributed by atoms with Crippen LogP contribution < -0.4 is 0 Å². The molecule has 4 heteroatoms. The highest BCUT2D eigenvalue weighted by atomic mass is 16.5. The van der Waals surface area contributed by atoms with Crippen LogP contribution in [0.25, 0.3) is 0 Å². The Hall–Kier alpha value is -1.84. The molecule has 0 amide bonds. The van der Waals surface area contributed by atoms with E-state index in [1.807, 2.05) is 6.92 Å². The maximum atomic E-state index is 11.8. The molecule has 0 radical (unpaired) electrons. The third kappa shape index (κ3) is 2.39. The second-order valence-corrected chi connectivity index (χ2v) is 3.14. The van der Waals surface area contributed by atoms with Crippen molar-refractivity contribution in [3.05, 3.63) is 35.3 Å². The van der Waals surface area contributed by atoms with Crippen LogP contribution in [0.4, 0.5) is 0 Å². The first-order valence-electron chi connectivity index (χ1n) is 5.05. The number of hydrogen-bond donors (Lipinski definition) is 0. The Bertz CT molecular complexity index is 399. The van der Waals surface area contributed by atoms with Crippen molar-refractivity contribution in [2.24, 2.45) is 0 Å². The Labute approximate surface area is 94.2 Å². The summed E-state index contributed by atoms with van der Waals surface area (Å²) < 4.78 is 9.97. The van der Waals surface area contributed by atoms with Crippen LogP contribution in [-0.4, -0.2) is 18.4 Å². The second-order valence-electron chi connectivity index (χ2n) is 3.14. The molecule has 16 heavy (non-hydrogen) atoms. The van der Waals surface area contributed by atoms with E-state index in [2.05, 4.69) is 0 Å². The van der Waals surface area contributed by atoms with E-state index in [1.165, 1.54) is 6.08 Å². The summed E-state index contributed by atoms with van der Waals surface area (Å²) in [6, 6.07) is 0. The first-order chi connectivity index (χ1) is 7.61. The number of rotatable bonds is 3. The molecular formula is C12H14O4. The van der Waals surface area contributed by atoms with Crippen molar-refractivity contribution >= 4 is 11.8 Å². The molecule has 86 valence electrons. The number of carbonyl (C=O) groups excluding carboxylic acids is 2. The van der Waals surface area contributed by atoms with Gasteiger partial charge in [-0.25, -0.2) is 4.79 Å². The third-order valence-electron chi connectivity index (χ3n) is 1.99. The van der Waals surface area contributed by atoms with Gasteiger partial charge < -0.3 is 9.47 Å². The Morgan fingerprint density at radius 2 is 2.19 bits per heavy atom. The smallest absolute Gasteiger partial charge is 0.345 e. The van der Waals surface area contributed by atoms with Crippen LogP contribution in [0.5, 0.6) is 0 Å². The molecule has 0 N–H and O–H groups in total. The average molecular weight is 222 g/mol. The molecule has 0 aromatic rings. The lowest BCUT2D eigenvalue weighted by Crippen LogP contribution is -2.14. The average Bonchev–Trinajstić information content (AvgIpc) is 2.51. The molecule has 0 aliphatic carbocycles. The van der Waals surface area contributed by atoms with Gasteiger partial charge >= 0.3 is 5.97 Å². The van der Waals surface area contributed by atoms with Crippen molar-refractivity contribution in [1.82, 2.24) is 0 Å². The maximum absolute atomic E-state index is 11.8. The zero-order valence-electron chi connectivity index (χ0n) is 9.57. The van der Waals surface area contributed by atoms with Gasteiger partial charge in [0, 0.05) is 0 Å². The number of Topliss-reactive ketones (excluding diaryl/α,β-unsaturated/α-hetero) is 1. The van der Waals surface area contributed by atoms with Gasteiger partial charge in [-0.15, -0.1) is 0 Å². The fourth-order valence-corrected chi connectivity index (χ4v) is 1.28. The molecule has 0 saturated carbocycles. The van der Waals surface area contributed by atoms with Crippen molar-refractivity contribution in [3.63, 3.8) is 0 Å². The summed E-state index contributed by atoms with van der Waals surface area (Å²) >= 11 is 0. The lowest BCUT2D eigenvalue weighted by molar-refractivity contribution is -0.139. The van der Waals surface area contributed by atoms with Crippen LogP contribution in [0.1, 0.15) is 20.8 Å². The van der Waals surface area contributed by atoms with Gasteiger partial charge in [-0.05, 0) is 26.8 Å². The second kappa shape index (κ2) is 5.30. The SMILES string of the molecule is C/C=C/C=C1\OC(C)=C(C(=O)OCC)C1=O. The first-order valence-corrected chi connectivity index (χ1v) is 5.05. The van der Waals surface area contributed by atoms with Crippen molar-refractivity contribution < 1.29 is 19.1 Å². The van der Waals surface area contributed by atoms with E-state index in [0.29, 0.717) is 5.76 Å². The minimum absolute atomic E-state index is 0.0161. The zero-order chi connectivity index (χ0) is 12.1. The van der Waals surface area contributed by atoms with Crippen LogP contribution in [-0.2, 0) is 19.1 Å². The first kappa shape index (κ1) is 12.2. The molecule has 1 heterocycles. The maximum Gasteiger partial charge on any atom is 0.345 e. The summed E-state index contributed by atoms with van der Waals surface area (Å²) in [5.74, 6) is -0.610. The van der Waals surface area contributed by atoms with E-state index >= 15 is 0 Å². The molecule has 1 aliphatic rings. The van der Waals surface area contributed by atoms with Crippen LogP contribution in [0, 0.1) is 0 Å². The van der Waals surface area contributed by atoms with Crippen molar-refractivity contribution in [2.45, 2.75) is 20.8 Å². The highest BCUT2D eigenvalue weighted by Crippen LogP contribution is 2.25. The summed E-state index contributed by atoms with van der Waals surface area (Å²) in [6.07, 6.45) is 4.97. The molecular weight excluding hydrogens is 208 g/mol. The van der Waals surface area contributed by atoms with Gasteiger partial charge in [0.05, 0.1) is 6.61 Å². The standard InChI is InChI=1S/C12H14O4/c1-4-6-7-9-11(13)10(8(3)16-9)12(14)15-5-2/h4,6-7H,5H2,1-3H3/b6-4+,9-7-. The molecule has 0 aromatic carbocycles. The fraction of sp³-hybridized carbons (Fsp3) is 0.333. The van der Waals surface area contributed by atoms with E-state index in [9.17, 15) is 9.59 Å². The Balaban J connectivity index is 2.92. The summed E-state index contributed by atoms with van der Waals surface area (Å²) in [5, 5.41) is 0. The lowest BCUT2D eigenvalue weighted by Gasteiger charge is -1.99. The molecule has 4 nitrogen and oxygen atoms in total. The van der Waals surface area contributed by atoms with Gasteiger partial charge in [0.15, 0.2) is 5.76 Å². The highest BCUT2D eigenvalue weighted by molar-refractivity contribution is 6.25. The zero-order valence-corrected chi connectivity index (χ0v) is 9.57. The predicted octanol–water partition coefficient (Wildman–Crippen LogP) is 1.88. The Morgan fingerprint density at radius 3 is 2.75 bits per heavy atom. The van der Waals surface area contributed by atoms with Crippen molar-refractivity contribution in [3.8, 4) is 0 Å². The molecule has 0 saturated heterocycles. The number of hydrogen-bond acceptors (Lipinski definition) is 4. The van der Waals surface area contributed by atoms with E-state index in [4.69, 9.17) is 9.47 Å². The monoisotopic (exact) mass is 222 g/mol. The van der Waals surface area contributed by atoms with Crippen molar-refractivity contribution in [2.75, 3.05) is 6.61 Å². The van der Waals surface area contributed by atoms with E-state index in [-0.39, 0.29) is 17.9 Å². The minimum atomic E-state index is -0.631. The predicted molar refractivity (Wildman–Crippen MR) is 58.3 cm³/mol. The summed E-state index contributed by atoms with van der Waals surface area (Å²) in [4.78, 5) is 23.2. The summed E-state index contributed by atoms with van der Waals surface area (Å²) in [6.45, 7) is 5.31. The summed E-state index contributed by atoms with van der Waals surface area (Å²) in [7, 11) is 0. The third-order valence-corrected chi connectivity index (χ3v) is 1.99. The molecule has 1 aliphatic heterocycles. The van der Waals surface area contributed by atoms with Gasteiger partial charge in [-0.3, -0.25) is 4.79 Å². The molecule has 0 fully saturated rings. The van der Waals surface area contributed by atoms with Gasteiger partial charge in [-0.2, -0.15) is 0 Å². The molecule has 0 unspecified atom stereocenters. The number of ketones is 1. The largest absolute Gasteiger partial charge is 0.462 e. The van der Waals surface area contributed by atoms with Crippen LogP contribution in [0.15, 0.2) is 35.3 Å². The molecule has 0 aromatic heterocycles. The number of carbonyl (C=O) groups is 2. The number of ether oxygens (including phenoxy) is 2. The van der Waals surface area contributed by atoms with Gasteiger partial charge in [-0.1, -0.05) is 12.2 Å². The fourth-order valence-electron chi connectivity index (χ4n) is 1.28.